The zero-order valence-corrected chi connectivity index (χ0v) is 19.3. The van der Waals surface area contributed by atoms with Gasteiger partial charge in [0.2, 0.25) is 0 Å². The SMILES string of the molecule is COc1ccc(CN2C(=O)C(=O)/C(=C(\O)c3ccc(OC)cc3OC)C2c2ccc(C)o2)cc1. The Hall–Kier alpha value is -4.20. The number of rotatable bonds is 7. The van der Waals surface area contributed by atoms with Gasteiger partial charge in [-0.1, -0.05) is 12.1 Å². The van der Waals surface area contributed by atoms with Crippen molar-refractivity contribution >= 4 is 17.4 Å². The van der Waals surface area contributed by atoms with Crippen LogP contribution in [-0.4, -0.2) is 43.0 Å². The molecule has 1 unspecified atom stereocenters. The Labute approximate surface area is 197 Å². The Morgan fingerprint density at radius 1 is 0.941 bits per heavy atom. The number of carbonyl (C=O) groups is 2. The first-order valence-corrected chi connectivity index (χ1v) is 10.6. The molecule has 0 spiro atoms. The van der Waals surface area contributed by atoms with Gasteiger partial charge in [-0.05, 0) is 48.9 Å². The number of methoxy groups -OCH3 is 3. The van der Waals surface area contributed by atoms with Crippen LogP contribution in [0.3, 0.4) is 0 Å². The lowest BCUT2D eigenvalue weighted by molar-refractivity contribution is -0.140. The molecule has 34 heavy (non-hydrogen) atoms. The van der Waals surface area contributed by atoms with Gasteiger partial charge in [-0.25, -0.2) is 0 Å². The number of carbonyl (C=O) groups excluding carboxylic acids is 2. The average molecular weight is 463 g/mol. The number of nitrogens with zero attached hydrogens (tertiary/aromatic N) is 1. The zero-order valence-electron chi connectivity index (χ0n) is 19.3. The predicted molar refractivity (Wildman–Crippen MR) is 124 cm³/mol. The van der Waals surface area contributed by atoms with Gasteiger partial charge in [-0.3, -0.25) is 9.59 Å². The van der Waals surface area contributed by atoms with E-state index in [0.29, 0.717) is 28.8 Å². The van der Waals surface area contributed by atoms with Crippen molar-refractivity contribution in [3.05, 3.63) is 82.8 Å². The molecule has 1 atom stereocenters. The van der Waals surface area contributed by atoms with E-state index in [4.69, 9.17) is 18.6 Å². The summed E-state index contributed by atoms with van der Waals surface area (Å²) >= 11 is 0. The molecule has 1 fully saturated rings. The molecule has 0 bridgehead atoms. The van der Waals surface area contributed by atoms with E-state index in [9.17, 15) is 14.7 Å². The van der Waals surface area contributed by atoms with Crippen LogP contribution in [0.1, 0.15) is 28.7 Å². The number of ether oxygens (including phenoxy) is 3. The highest BCUT2D eigenvalue weighted by Gasteiger charge is 2.47. The van der Waals surface area contributed by atoms with E-state index in [1.54, 1.807) is 56.5 Å². The molecule has 2 heterocycles. The van der Waals surface area contributed by atoms with Crippen LogP contribution in [0.15, 0.2) is 64.6 Å². The average Bonchev–Trinajstić information content (AvgIpc) is 3.39. The van der Waals surface area contributed by atoms with E-state index in [0.717, 1.165) is 5.56 Å². The molecule has 1 saturated heterocycles. The highest BCUT2D eigenvalue weighted by atomic mass is 16.5. The third kappa shape index (κ3) is 4.10. The first kappa shape index (κ1) is 23.0. The smallest absolute Gasteiger partial charge is 0.296 e. The normalized spacial score (nSPS) is 17.2. The fraction of sp³-hybridized carbons (Fsp3) is 0.231. The number of hydrogen-bond donors (Lipinski definition) is 1. The van der Waals surface area contributed by atoms with E-state index in [1.165, 1.54) is 19.1 Å². The molecule has 8 nitrogen and oxygen atoms in total. The van der Waals surface area contributed by atoms with Crippen molar-refractivity contribution in [1.82, 2.24) is 4.90 Å². The van der Waals surface area contributed by atoms with Gasteiger partial charge in [-0.2, -0.15) is 0 Å². The van der Waals surface area contributed by atoms with Gasteiger partial charge in [0.05, 0.1) is 32.5 Å². The minimum atomic E-state index is -0.914. The minimum Gasteiger partial charge on any atom is -0.507 e. The second kappa shape index (κ2) is 9.35. The van der Waals surface area contributed by atoms with Gasteiger partial charge in [0, 0.05) is 12.6 Å². The summed E-state index contributed by atoms with van der Waals surface area (Å²) in [7, 11) is 4.53. The van der Waals surface area contributed by atoms with E-state index in [-0.39, 0.29) is 23.4 Å². The second-order valence-electron chi connectivity index (χ2n) is 7.79. The molecule has 3 aromatic rings. The Bertz CT molecular complexity index is 1260. The number of furan rings is 1. The Morgan fingerprint density at radius 2 is 1.62 bits per heavy atom. The molecule has 176 valence electrons. The van der Waals surface area contributed by atoms with Gasteiger partial charge in [0.15, 0.2) is 0 Å². The highest BCUT2D eigenvalue weighted by molar-refractivity contribution is 6.46. The Morgan fingerprint density at radius 3 is 2.21 bits per heavy atom. The summed E-state index contributed by atoms with van der Waals surface area (Å²) in [6.07, 6.45) is 0. The summed E-state index contributed by atoms with van der Waals surface area (Å²) in [6.45, 7) is 1.90. The van der Waals surface area contributed by atoms with Crippen LogP contribution < -0.4 is 14.2 Å². The van der Waals surface area contributed by atoms with Crippen molar-refractivity contribution in [3.63, 3.8) is 0 Å². The number of ketones is 1. The van der Waals surface area contributed by atoms with Crippen molar-refractivity contribution in [2.75, 3.05) is 21.3 Å². The number of aliphatic hydroxyl groups excluding tert-OH is 1. The standard InChI is InChI=1S/C26H25NO7/c1-15-5-12-20(34-15)23-22(24(28)19-11-10-18(32-3)13-21(19)33-4)25(29)26(30)27(23)14-16-6-8-17(31-2)9-7-16/h5-13,23,28H,14H2,1-4H3/b24-22-. The highest BCUT2D eigenvalue weighted by Crippen LogP contribution is 2.42. The van der Waals surface area contributed by atoms with Crippen LogP contribution in [0.2, 0.25) is 0 Å². The number of benzene rings is 2. The van der Waals surface area contributed by atoms with Crippen molar-refractivity contribution in [1.29, 1.82) is 0 Å². The topological polar surface area (TPSA) is 98.4 Å². The van der Waals surface area contributed by atoms with Crippen LogP contribution in [0, 0.1) is 6.92 Å². The monoisotopic (exact) mass is 463 g/mol. The van der Waals surface area contributed by atoms with Crippen LogP contribution in [-0.2, 0) is 16.1 Å². The Balaban J connectivity index is 1.84. The van der Waals surface area contributed by atoms with Crippen molar-refractivity contribution in [2.45, 2.75) is 19.5 Å². The number of amides is 1. The maximum atomic E-state index is 13.2. The van der Waals surface area contributed by atoms with Crippen molar-refractivity contribution in [2.24, 2.45) is 0 Å². The Kier molecular flexibility index (Phi) is 6.32. The van der Waals surface area contributed by atoms with E-state index >= 15 is 0 Å². The number of Topliss-reactive ketones (excluding diaryl/α,β-unsaturated/α-hetero) is 1. The quantitative estimate of drug-likeness (QED) is 0.318. The van der Waals surface area contributed by atoms with E-state index in [1.807, 2.05) is 12.1 Å². The van der Waals surface area contributed by atoms with Gasteiger partial charge in [0.1, 0.15) is 40.6 Å². The van der Waals surface area contributed by atoms with Crippen LogP contribution in [0.4, 0.5) is 0 Å². The molecule has 0 radical (unpaired) electrons. The molecule has 2 aromatic carbocycles. The maximum absolute atomic E-state index is 13.2. The summed E-state index contributed by atoms with van der Waals surface area (Å²) in [5.74, 6) is 0.599. The van der Waals surface area contributed by atoms with E-state index in [2.05, 4.69) is 0 Å². The van der Waals surface area contributed by atoms with Gasteiger partial charge in [0.25, 0.3) is 11.7 Å². The summed E-state index contributed by atoms with van der Waals surface area (Å²) in [4.78, 5) is 27.7. The lowest BCUT2D eigenvalue weighted by Gasteiger charge is -2.23. The zero-order chi connectivity index (χ0) is 24.4. The third-order valence-electron chi connectivity index (χ3n) is 5.75. The summed E-state index contributed by atoms with van der Waals surface area (Å²) in [5.41, 5.74) is 0.980. The summed E-state index contributed by atoms with van der Waals surface area (Å²) < 4.78 is 21.6. The molecule has 0 saturated carbocycles. The molecule has 1 aliphatic rings. The predicted octanol–water partition coefficient (Wildman–Crippen LogP) is 4.24. The molecular weight excluding hydrogens is 438 g/mol. The minimum absolute atomic E-state index is 0.0728. The van der Waals surface area contributed by atoms with Gasteiger partial charge in [-0.15, -0.1) is 0 Å². The summed E-state index contributed by atoms with van der Waals surface area (Å²) in [6, 6.07) is 14.5. The number of likely N-dealkylation sites (tertiary alicyclic amines) is 1. The number of hydrogen-bond acceptors (Lipinski definition) is 7. The molecule has 1 N–H and O–H groups in total. The van der Waals surface area contributed by atoms with Gasteiger partial charge >= 0.3 is 0 Å². The van der Waals surface area contributed by atoms with Crippen LogP contribution >= 0.6 is 0 Å². The third-order valence-corrected chi connectivity index (χ3v) is 5.75. The number of aliphatic hydroxyl groups is 1. The molecule has 1 amide bonds. The van der Waals surface area contributed by atoms with Crippen molar-refractivity contribution in [3.8, 4) is 17.2 Å². The fourth-order valence-corrected chi connectivity index (χ4v) is 4.01. The maximum Gasteiger partial charge on any atom is 0.296 e. The molecule has 1 aliphatic heterocycles. The first-order valence-electron chi connectivity index (χ1n) is 10.6. The molecule has 4 rings (SSSR count). The van der Waals surface area contributed by atoms with Crippen LogP contribution in [0.25, 0.3) is 5.76 Å². The second-order valence-corrected chi connectivity index (χ2v) is 7.79. The molecule has 8 heteroatoms. The van der Waals surface area contributed by atoms with Crippen molar-refractivity contribution < 1.29 is 33.3 Å². The fourth-order valence-electron chi connectivity index (χ4n) is 4.01. The summed E-state index contributed by atoms with van der Waals surface area (Å²) in [5, 5.41) is 11.3. The molecule has 1 aromatic heterocycles. The molecule has 0 aliphatic carbocycles. The van der Waals surface area contributed by atoms with Gasteiger partial charge < -0.3 is 28.6 Å². The number of aryl methyl sites for hydroxylation is 1. The largest absolute Gasteiger partial charge is 0.507 e. The van der Waals surface area contributed by atoms with Crippen LogP contribution in [0.5, 0.6) is 17.2 Å². The molecular formula is C26H25NO7. The lowest BCUT2D eigenvalue weighted by atomic mass is 9.98. The van der Waals surface area contributed by atoms with E-state index < -0.39 is 17.7 Å². The lowest BCUT2D eigenvalue weighted by Crippen LogP contribution is -2.29. The first-order chi connectivity index (χ1) is 16.4.